The Labute approximate surface area is 163 Å². The van der Waals surface area contributed by atoms with Gasteiger partial charge in [-0.3, -0.25) is 20.2 Å². The van der Waals surface area contributed by atoms with Crippen LogP contribution in [0.4, 0.5) is 27.6 Å². The van der Waals surface area contributed by atoms with Gasteiger partial charge in [0, 0.05) is 12.1 Å². The molecule has 0 aliphatic heterocycles. The number of nitro benzene ring substituents is 1. The summed E-state index contributed by atoms with van der Waals surface area (Å²) in [5, 5.41) is 20.2. The van der Waals surface area contributed by atoms with Crippen molar-refractivity contribution in [3.8, 4) is 5.75 Å². The van der Waals surface area contributed by atoms with Gasteiger partial charge in [0.1, 0.15) is 0 Å². The molecule has 0 atom stereocenters. The molecule has 0 saturated heterocycles. The predicted molar refractivity (Wildman–Crippen MR) is 88.0 cm³/mol. The third kappa shape index (κ3) is 3.78. The quantitative estimate of drug-likeness (QED) is 0.215. The lowest BCUT2D eigenvalue weighted by Gasteiger charge is -2.07. The van der Waals surface area contributed by atoms with Gasteiger partial charge >= 0.3 is 10.7 Å². The summed E-state index contributed by atoms with van der Waals surface area (Å²) >= 11 is 0. The Hall–Kier alpha value is -3.62. The molecule has 0 aliphatic rings. The SMILES string of the molecule is COc1ccc(S(=O)(=O)C(=Cc2c(F)c(F)c(F)c(F)c2F)[N+](=O)[O-])cc1[N+](=O)[O-]. The van der Waals surface area contributed by atoms with Crippen molar-refractivity contribution in [1.29, 1.82) is 0 Å². The number of hydrogen-bond acceptors (Lipinski definition) is 7. The van der Waals surface area contributed by atoms with E-state index >= 15 is 0 Å². The predicted octanol–water partition coefficient (Wildman–Crippen LogP) is 3.35. The molecule has 9 nitrogen and oxygen atoms in total. The zero-order valence-corrected chi connectivity index (χ0v) is 15.2. The van der Waals surface area contributed by atoms with E-state index in [0.29, 0.717) is 12.1 Å². The number of halogens is 5. The highest BCUT2D eigenvalue weighted by molar-refractivity contribution is 7.95. The summed E-state index contributed by atoms with van der Waals surface area (Å²) in [7, 11) is -4.30. The topological polar surface area (TPSA) is 130 Å². The van der Waals surface area contributed by atoms with Crippen LogP contribution >= 0.6 is 0 Å². The fraction of sp³-hybridized carbons (Fsp3) is 0.0667. The zero-order valence-electron chi connectivity index (χ0n) is 14.4. The summed E-state index contributed by atoms with van der Waals surface area (Å²) in [5.41, 5.74) is -2.80. The Morgan fingerprint density at radius 3 is 1.90 bits per heavy atom. The number of rotatable bonds is 6. The first-order valence-electron chi connectivity index (χ1n) is 7.29. The number of benzene rings is 2. The number of sulfone groups is 1. The Bertz CT molecular complexity index is 1190. The maximum absolute atomic E-state index is 13.8. The van der Waals surface area contributed by atoms with Gasteiger partial charge in [0.15, 0.2) is 29.0 Å². The standard InChI is InChI=1S/C15H7F5N2O7S/c1-29-9-3-2-6(4-8(9)21(23)24)30(27,28)10(22(25)26)5-7-11(16)13(18)15(20)14(19)12(7)17/h2-5H,1H3. The van der Waals surface area contributed by atoms with Crippen molar-refractivity contribution in [3.05, 3.63) is 78.1 Å². The van der Waals surface area contributed by atoms with E-state index in [2.05, 4.69) is 4.74 Å². The zero-order chi connectivity index (χ0) is 23.0. The Morgan fingerprint density at radius 2 is 1.47 bits per heavy atom. The van der Waals surface area contributed by atoms with Crippen LogP contribution in [0.1, 0.15) is 5.56 Å². The van der Waals surface area contributed by atoms with Crippen LogP contribution in [0.5, 0.6) is 5.75 Å². The second kappa shape index (κ2) is 8.02. The number of nitrogens with zero attached hydrogens (tertiary/aromatic N) is 2. The van der Waals surface area contributed by atoms with E-state index < -0.39 is 75.7 Å². The van der Waals surface area contributed by atoms with Gasteiger partial charge in [0.2, 0.25) is 5.82 Å². The number of hydrogen-bond donors (Lipinski definition) is 0. The van der Waals surface area contributed by atoms with E-state index in [-0.39, 0.29) is 6.08 Å². The molecule has 30 heavy (non-hydrogen) atoms. The normalized spacial score (nSPS) is 12.0. The fourth-order valence-electron chi connectivity index (χ4n) is 2.20. The second-order valence-corrected chi connectivity index (χ2v) is 7.21. The second-order valence-electron chi connectivity index (χ2n) is 5.32. The van der Waals surface area contributed by atoms with Crippen LogP contribution in [0.15, 0.2) is 28.1 Å². The van der Waals surface area contributed by atoms with E-state index in [1.807, 2.05) is 0 Å². The maximum atomic E-state index is 13.8. The molecule has 0 spiro atoms. The minimum absolute atomic E-state index is 0.365. The first-order chi connectivity index (χ1) is 13.8. The van der Waals surface area contributed by atoms with Crippen LogP contribution in [0, 0.1) is 49.3 Å². The lowest BCUT2D eigenvalue weighted by Crippen LogP contribution is -2.14. The summed E-state index contributed by atoms with van der Waals surface area (Å²) in [6.07, 6.45) is -0.373. The molecule has 0 saturated carbocycles. The van der Waals surface area contributed by atoms with Gasteiger partial charge in [-0.25, -0.2) is 30.4 Å². The molecule has 0 unspecified atom stereocenters. The smallest absolute Gasteiger partial charge is 0.364 e. The Balaban J connectivity index is 2.81. The van der Waals surface area contributed by atoms with Crippen molar-refractivity contribution in [3.63, 3.8) is 0 Å². The number of methoxy groups -OCH3 is 1. The molecule has 0 bridgehead atoms. The maximum Gasteiger partial charge on any atom is 0.364 e. The Morgan fingerprint density at radius 1 is 0.967 bits per heavy atom. The summed E-state index contributed by atoms with van der Waals surface area (Å²) in [6.45, 7) is 0. The van der Waals surface area contributed by atoms with Gasteiger partial charge in [0.25, 0.3) is 9.84 Å². The molecule has 2 aromatic carbocycles. The molecule has 15 heteroatoms. The molecule has 0 heterocycles. The van der Waals surface area contributed by atoms with E-state index in [1.165, 1.54) is 0 Å². The lowest BCUT2D eigenvalue weighted by atomic mass is 10.1. The van der Waals surface area contributed by atoms with Crippen molar-refractivity contribution in [1.82, 2.24) is 0 Å². The average Bonchev–Trinajstić information content (AvgIpc) is 2.69. The molecule has 2 rings (SSSR count). The molecular weight excluding hydrogens is 447 g/mol. The van der Waals surface area contributed by atoms with Crippen molar-refractivity contribution >= 4 is 21.6 Å². The van der Waals surface area contributed by atoms with Gasteiger partial charge in [0.05, 0.1) is 27.4 Å². The molecule has 2 aromatic rings. The van der Waals surface area contributed by atoms with Crippen LogP contribution in [-0.2, 0) is 9.84 Å². The van der Waals surface area contributed by atoms with Crippen molar-refractivity contribution in [2.45, 2.75) is 4.90 Å². The molecular formula is C15H7F5N2O7S. The van der Waals surface area contributed by atoms with E-state index in [9.17, 15) is 50.6 Å². The minimum Gasteiger partial charge on any atom is -0.490 e. The lowest BCUT2D eigenvalue weighted by molar-refractivity contribution is -0.410. The highest BCUT2D eigenvalue weighted by Gasteiger charge is 2.36. The number of ether oxygens (including phenoxy) is 1. The highest BCUT2D eigenvalue weighted by Crippen LogP contribution is 2.33. The monoisotopic (exact) mass is 454 g/mol. The van der Waals surface area contributed by atoms with Gasteiger partial charge in [-0.1, -0.05) is 0 Å². The van der Waals surface area contributed by atoms with E-state index in [0.717, 1.165) is 13.2 Å². The van der Waals surface area contributed by atoms with Crippen LogP contribution in [0.3, 0.4) is 0 Å². The first kappa shape index (κ1) is 22.7. The number of nitro groups is 2. The van der Waals surface area contributed by atoms with Gasteiger partial charge in [-0.2, -0.15) is 0 Å². The van der Waals surface area contributed by atoms with Crippen LogP contribution < -0.4 is 4.74 Å². The third-order valence-electron chi connectivity index (χ3n) is 3.62. The van der Waals surface area contributed by atoms with E-state index in [1.54, 1.807) is 0 Å². The summed E-state index contributed by atoms with van der Waals surface area (Å²) in [6, 6.07) is 1.79. The first-order valence-corrected chi connectivity index (χ1v) is 8.77. The molecule has 0 aromatic heterocycles. The largest absolute Gasteiger partial charge is 0.490 e. The van der Waals surface area contributed by atoms with Crippen LogP contribution in [0.25, 0.3) is 6.08 Å². The highest BCUT2D eigenvalue weighted by atomic mass is 32.2. The summed E-state index contributed by atoms with van der Waals surface area (Å²) in [5.74, 6) is -12.9. The molecule has 0 fully saturated rings. The van der Waals surface area contributed by atoms with Crippen molar-refractivity contribution in [2.24, 2.45) is 0 Å². The summed E-state index contributed by atoms with van der Waals surface area (Å²) in [4.78, 5) is 18.4. The van der Waals surface area contributed by atoms with Gasteiger partial charge in [-0.15, -0.1) is 0 Å². The molecule has 0 radical (unpaired) electrons. The molecule has 160 valence electrons. The summed E-state index contributed by atoms with van der Waals surface area (Å²) < 4.78 is 97.0. The minimum atomic E-state index is -5.32. The molecule has 0 N–H and O–H groups in total. The fourth-order valence-corrected chi connectivity index (χ4v) is 3.43. The van der Waals surface area contributed by atoms with E-state index in [4.69, 9.17) is 0 Å². The van der Waals surface area contributed by atoms with Crippen molar-refractivity contribution in [2.75, 3.05) is 7.11 Å². The third-order valence-corrected chi connectivity index (χ3v) is 5.32. The van der Waals surface area contributed by atoms with Crippen LogP contribution in [-0.4, -0.2) is 25.4 Å². The Kier molecular flexibility index (Phi) is 6.06. The van der Waals surface area contributed by atoms with Gasteiger partial charge in [-0.05, 0) is 12.1 Å². The van der Waals surface area contributed by atoms with Crippen LogP contribution in [0.2, 0.25) is 0 Å². The molecule has 0 amide bonds. The van der Waals surface area contributed by atoms with Gasteiger partial charge < -0.3 is 4.74 Å². The van der Waals surface area contributed by atoms with Crippen molar-refractivity contribution < 1.29 is 45.0 Å². The average molecular weight is 454 g/mol. The molecule has 0 aliphatic carbocycles.